The van der Waals surface area contributed by atoms with Crippen molar-refractivity contribution >= 4 is 24.6 Å². The van der Waals surface area contributed by atoms with E-state index in [2.05, 4.69) is 0 Å². The lowest BCUT2D eigenvalue weighted by Crippen LogP contribution is -2.57. The summed E-state index contributed by atoms with van der Waals surface area (Å²) in [6, 6.07) is 7.32. The number of ether oxygens (including phenoxy) is 2. The van der Waals surface area contributed by atoms with Crippen LogP contribution in [-0.4, -0.2) is 78.0 Å². The average Bonchev–Trinajstić information content (AvgIpc) is 2.92. The van der Waals surface area contributed by atoms with Gasteiger partial charge < -0.3 is 28.6 Å². The summed E-state index contributed by atoms with van der Waals surface area (Å²) in [6.07, 6.45) is -0.350. The van der Waals surface area contributed by atoms with Gasteiger partial charge in [-0.1, -0.05) is 12.1 Å². The number of hydrogen-bond acceptors (Lipinski definition) is 6. The summed E-state index contributed by atoms with van der Waals surface area (Å²) in [7, 11) is -0.491. The Bertz CT molecular complexity index is 866. The smallest absolute Gasteiger partial charge is 0.484 e. The average molecular weight is 460 g/mol. The van der Waals surface area contributed by atoms with Gasteiger partial charge in [0.05, 0.1) is 11.2 Å². The number of carbonyl (C=O) groups excluding carboxylic acids is 2. The standard InChI is InChI=1S/C24H37BN2O6/c1-17-15-26(21(29)31-22(2,3)4)12-13-27(17)20(28)16-30-19-11-9-10-18(14-19)25-32-23(5,6)24(7,8)33-25/h9-11,14,17H,12-13,15-16H2,1-8H3/t17-/m0/s1. The Hall–Kier alpha value is -2.26. The first-order chi connectivity index (χ1) is 15.2. The molecule has 33 heavy (non-hydrogen) atoms. The number of piperazine rings is 1. The summed E-state index contributed by atoms with van der Waals surface area (Å²) < 4.78 is 23.5. The van der Waals surface area contributed by atoms with Gasteiger partial charge in [-0.3, -0.25) is 4.79 Å². The van der Waals surface area contributed by atoms with Crippen LogP contribution in [0.2, 0.25) is 0 Å². The third-order valence-corrected chi connectivity index (χ3v) is 6.35. The maximum atomic E-state index is 12.8. The third-order valence-electron chi connectivity index (χ3n) is 6.35. The van der Waals surface area contributed by atoms with Crippen molar-refractivity contribution in [2.45, 2.75) is 78.2 Å². The van der Waals surface area contributed by atoms with Gasteiger partial charge in [-0.2, -0.15) is 0 Å². The number of benzene rings is 1. The zero-order valence-electron chi connectivity index (χ0n) is 21.1. The Kier molecular flexibility index (Phi) is 7.06. The highest BCUT2D eigenvalue weighted by molar-refractivity contribution is 6.62. The van der Waals surface area contributed by atoms with Gasteiger partial charge >= 0.3 is 13.2 Å². The lowest BCUT2D eigenvalue weighted by molar-refractivity contribution is -0.137. The maximum Gasteiger partial charge on any atom is 0.494 e. The first-order valence-electron chi connectivity index (χ1n) is 11.5. The predicted octanol–water partition coefficient (Wildman–Crippen LogP) is 2.83. The van der Waals surface area contributed by atoms with Crippen LogP contribution in [0.3, 0.4) is 0 Å². The summed E-state index contributed by atoms with van der Waals surface area (Å²) in [5.74, 6) is 0.461. The summed E-state index contributed by atoms with van der Waals surface area (Å²) in [6.45, 7) is 16.7. The summed E-state index contributed by atoms with van der Waals surface area (Å²) in [4.78, 5) is 28.5. The molecule has 2 aliphatic heterocycles. The molecule has 0 saturated carbocycles. The largest absolute Gasteiger partial charge is 0.494 e. The molecule has 2 amide bonds. The number of amides is 2. The molecular weight excluding hydrogens is 423 g/mol. The Morgan fingerprint density at radius 3 is 2.33 bits per heavy atom. The number of hydrogen-bond donors (Lipinski definition) is 0. The van der Waals surface area contributed by atoms with E-state index in [4.69, 9.17) is 18.8 Å². The van der Waals surface area contributed by atoms with Crippen LogP contribution in [0.1, 0.15) is 55.4 Å². The highest BCUT2D eigenvalue weighted by Crippen LogP contribution is 2.36. The molecule has 3 rings (SSSR count). The molecule has 0 radical (unpaired) electrons. The van der Waals surface area contributed by atoms with Crippen LogP contribution in [0.25, 0.3) is 0 Å². The van der Waals surface area contributed by atoms with Crippen LogP contribution >= 0.6 is 0 Å². The molecule has 2 fully saturated rings. The van der Waals surface area contributed by atoms with Gasteiger partial charge in [-0.25, -0.2) is 4.79 Å². The first kappa shape index (κ1) is 25.4. The first-order valence-corrected chi connectivity index (χ1v) is 11.5. The molecule has 2 saturated heterocycles. The van der Waals surface area contributed by atoms with E-state index < -0.39 is 23.9 Å². The van der Waals surface area contributed by atoms with E-state index in [0.29, 0.717) is 25.4 Å². The fourth-order valence-corrected chi connectivity index (χ4v) is 3.78. The summed E-state index contributed by atoms with van der Waals surface area (Å²) >= 11 is 0. The van der Waals surface area contributed by atoms with Crippen LogP contribution in [-0.2, 0) is 18.8 Å². The Labute approximate surface area is 197 Å². The normalized spacial score (nSPS) is 22.3. The van der Waals surface area contributed by atoms with Gasteiger partial charge in [0.1, 0.15) is 11.4 Å². The van der Waals surface area contributed by atoms with Crippen LogP contribution in [0.4, 0.5) is 4.79 Å². The minimum absolute atomic E-state index is 0.0798. The molecule has 9 heteroatoms. The van der Waals surface area contributed by atoms with Crippen LogP contribution in [0.15, 0.2) is 24.3 Å². The van der Waals surface area contributed by atoms with Crippen LogP contribution in [0, 0.1) is 0 Å². The van der Waals surface area contributed by atoms with E-state index in [1.54, 1.807) is 9.80 Å². The van der Waals surface area contributed by atoms with Crippen molar-refractivity contribution in [2.75, 3.05) is 26.2 Å². The van der Waals surface area contributed by atoms with Gasteiger partial charge in [-0.15, -0.1) is 0 Å². The molecule has 182 valence electrons. The lowest BCUT2D eigenvalue weighted by Gasteiger charge is -2.40. The lowest BCUT2D eigenvalue weighted by atomic mass is 9.79. The molecule has 1 atom stereocenters. The maximum absolute atomic E-state index is 12.8. The zero-order valence-corrected chi connectivity index (χ0v) is 21.1. The van der Waals surface area contributed by atoms with E-state index in [1.165, 1.54) is 0 Å². The van der Waals surface area contributed by atoms with Crippen LogP contribution < -0.4 is 10.2 Å². The molecule has 0 unspecified atom stereocenters. The summed E-state index contributed by atoms with van der Waals surface area (Å²) in [5, 5.41) is 0. The topological polar surface area (TPSA) is 77.5 Å². The summed E-state index contributed by atoms with van der Waals surface area (Å²) in [5.41, 5.74) is -0.558. The van der Waals surface area contributed by atoms with E-state index in [0.717, 1.165) is 5.46 Å². The van der Waals surface area contributed by atoms with Crippen LogP contribution in [0.5, 0.6) is 5.75 Å². The van der Waals surface area contributed by atoms with Crippen molar-refractivity contribution < 1.29 is 28.4 Å². The molecule has 2 heterocycles. The van der Waals surface area contributed by atoms with Crippen molar-refractivity contribution in [3.05, 3.63) is 24.3 Å². The molecule has 0 aliphatic carbocycles. The highest BCUT2D eigenvalue weighted by Gasteiger charge is 2.51. The van der Waals surface area contributed by atoms with Crippen molar-refractivity contribution in [1.82, 2.24) is 9.80 Å². The molecule has 1 aromatic rings. The molecule has 0 bridgehead atoms. The third kappa shape index (κ3) is 6.01. The van der Waals surface area contributed by atoms with Crippen molar-refractivity contribution in [2.24, 2.45) is 0 Å². The Morgan fingerprint density at radius 2 is 1.76 bits per heavy atom. The van der Waals surface area contributed by atoms with Gasteiger partial charge in [-0.05, 0) is 73.0 Å². The van der Waals surface area contributed by atoms with Gasteiger partial charge in [0, 0.05) is 25.7 Å². The number of nitrogens with zero attached hydrogens (tertiary/aromatic N) is 2. The zero-order chi connectivity index (χ0) is 24.6. The fourth-order valence-electron chi connectivity index (χ4n) is 3.78. The molecule has 2 aliphatic rings. The Morgan fingerprint density at radius 1 is 1.12 bits per heavy atom. The second kappa shape index (κ2) is 9.18. The molecule has 0 N–H and O–H groups in total. The molecule has 1 aromatic carbocycles. The number of carbonyl (C=O) groups is 2. The van der Waals surface area contributed by atoms with E-state index >= 15 is 0 Å². The van der Waals surface area contributed by atoms with Crippen molar-refractivity contribution in [3.63, 3.8) is 0 Å². The molecule has 0 spiro atoms. The van der Waals surface area contributed by atoms with E-state index in [-0.39, 0.29) is 24.6 Å². The predicted molar refractivity (Wildman–Crippen MR) is 127 cm³/mol. The second-order valence-electron chi connectivity index (χ2n) is 10.8. The quantitative estimate of drug-likeness (QED) is 0.644. The van der Waals surface area contributed by atoms with Crippen molar-refractivity contribution in [1.29, 1.82) is 0 Å². The highest BCUT2D eigenvalue weighted by atomic mass is 16.7. The van der Waals surface area contributed by atoms with Gasteiger partial charge in [0.15, 0.2) is 6.61 Å². The number of rotatable bonds is 4. The molecule has 0 aromatic heterocycles. The second-order valence-corrected chi connectivity index (χ2v) is 10.8. The monoisotopic (exact) mass is 460 g/mol. The van der Waals surface area contributed by atoms with Crippen molar-refractivity contribution in [3.8, 4) is 5.75 Å². The van der Waals surface area contributed by atoms with E-state index in [9.17, 15) is 9.59 Å². The SMILES string of the molecule is C[C@H]1CN(C(=O)OC(C)(C)C)CCN1C(=O)COc1cccc(B2OC(C)(C)C(C)(C)O2)c1. The molecular formula is C24H37BN2O6. The Balaban J connectivity index is 1.54. The molecule has 8 nitrogen and oxygen atoms in total. The van der Waals surface area contributed by atoms with Gasteiger partial charge in [0.25, 0.3) is 5.91 Å². The minimum atomic E-state index is -0.546. The van der Waals surface area contributed by atoms with Gasteiger partial charge in [0.2, 0.25) is 0 Å². The fraction of sp³-hybridized carbons (Fsp3) is 0.667. The van der Waals surface area contributed by atoms with E-state index in [1.807, 2.05) is 79.7 Å². The minimum Gasteiger partial charge on any atom is -0.484 e.